The number of rotatable bonds is 1. The summed E-state index contributed by atoms with van der Waals surface area (Å²) in [6, 6.07) is 5.57. The molecule has 0 fully saturated rings. The number of carbonyl (C=O) groups is 1. The van der Waals surface area contributed by atoms with Crippen LogP contribution in [0.2, 0.25) is 0 Å². The summed E-state index contributed by atoms with van der Waals surface area (Å²) in [7, 11) is 0. The number of benzene rings is 1. The molecule has 1 amide bonds. The van der Waals surface area contributed by atoms with E-state index in [0.29, 0.717) is 5.56 Å². The highest BCUT2D eigenvalue weighted by atomic mass is 127. The third-order valence-corrected chi connectivity index (χ3v) is 4.34. The van der Waals surface area contributed by atoms with Crippen molar-refractivity contribution in [2.45, 2.75) is 26.3 Å². The number of aromatic nitrogens is 2. The van der Waals surface area contributed by atoms with Gasteiger partial charge in [0.1, 0.15) is 0 Å². The van der Waals surface area contributed by atoms with Crippen LogP contribution in [0.1, 0.15) is 31.1 Å². The minimum atomic E-state index is -0.194. The van der Waals surface area contributed by atoms with Crippen LogP contribution in [0.15, 0.2) is 24.4 Å². The summed E-state index contributed by atoms with van der Waals surface area (Å²) >= 11 is 2.06. The van der Waals surface area contributed by atoms with E-state index in [1.165, 1.54) is 0 Å². The van der Waals surface area contributed by atoms with Gasteiger partial charge in [0.05, 0.1) is 34.6 Å². The van der Waals surface area contributed by atoms with E-state index in [-0.39, 0.29) is 11.4 Å². The topological polar surface area (TPSA) is 49.0 Å². The van der Waals surface area contributed by atoms with Gasteiger partial charge in [0.15, 0.2) is 0 Å². The Morgan fingerprint density at radius 3 is 2.76 bits per heavy atom. The lowest BCUT2D eigenvalue weighted by atomic mass is 10.1. The van der Waals surface area contributed by atoms with E-state index in [0.717, 1.165) is 10.9 Å². The van der Waals surface area contributed by atoms with Gasteiger partial charge in [-0.3, -0.25) is 13.0 Å². The summed E-state index contributed by atoms with van der Waals surface area (Å²) < 4.78 is 1.71. The molecule has 1 aromatic carbocycles. The van der Waals surface area contributed by atoms with Gasteiger partial charge in [0.25, 0.3) is 5.91 Å². The number of hydrogen-bond acceptors (Lipinski definition) is 2. The van der Waals surface area contributed by atoms with E-state index in [1.807, 2.05) is 39.0 Å². The number of nitrogens with zero attached hydrogens (tertiary/aromatic N) is 2. The molecule has 0 aliphatic carbocycles. The van der Waals surface area contributed by atoms with E-state index < -0.39 is 0 Å². The summed E-state index contributed by atoms with van der Waals surface area (Å²) in [4.78, 5) is 12.2. The number of aromatic amines is 1. The van der Waals surface area contributed by atoms with E-state index in [1.54, 1.807) is 9.31 Å². The first-order valence-electron chi connectivity index (χ1n) is 5.33. The van der Waals surface area contributed by atoms with Crippen LogP contribution in [0, 0.1) is 0 Å². The summed E-state index contributed by atoms with van der Waals surface area (Å²) in [6.45, 7) is 6.02. The molecule has 0 aliphatic heterocycles. The standard InChI is InChI=1S/C12H14IN3O/c1-12(2,3)16(13)11(17)8-4-5-9-7-14-15-10(9)6-8/h4-7H,1-3H3,(H,14,15). The number of amides is 1. The molecule has 4 nitrogen and oxygen atoms in total. The Morgan fingerprint density at radius 2 is 2.12 bits per heavy atom. The molecule has 90 valence electrons. The van der Waals surface area contributed by atoms with E-state index in [2.05, 4.69) is 33.1 Å². The predicted octanol–water partition coefficient (Wildman–Crippen LogP) is 3.15. The second-order valence-electron chi connectivity index (χ2n) is 4.93. The fourth-order valence-electron chi connectivity index (χ4n) is 1.49. The third kappa shape index (κ3) is 2.43. The number of halogens is 1. The van der Waals surface area contributed by atoms with Crippen LogP contribution in [0.25, 0.3) is 10.9 Å². The Hall–Kier alpha value is -1.11. The Morgan fingerprint density at radius 1 is 1.41 bits per heavy atom. The van der Waals surface area contributed by atoms with Crippen molar-refractivity contribution in [2.24, 2.45) is 0 Å². The highest BCUT2D eigenvalue weighted by Crippen LogP contribution is 2.23. The van der Waals surface area contributed by atoms with Crippen LogP contribution in [0.4, 0.5) is 0 Å². The third-order valence-electron chi connectivity index (χ3n) is 2.46. The molecule has 5 heteroatoms. The lowest BCUT2D eigenvalue weighted by Gasteiger charge is -2.29. The first kappa shape index (κ1) is 12.3. The van der Waals surface area contributed by atoms with Gasteiger partial charge in [-0.05, 0) is 32.9 Å². The smallest absolute Gasteiger partial charge is 0.263 e. The Balaban J connectivity index is 2.36. The Bertz CT molecular complexity index is 556. The number of carbonyl (C=O) groups excluding carboxylic acids is 1. The minimum absolute atomic E-state index is 0.00889. The average Bonchev–Trinajstić information content (AvgIpc) is 2.72. The van der Waals surface area contributed by atoms with Gasteiger partial charge >= 0.3 is 0 Å². The van der Waals surface area contributed by atoms with Gasteiger partial charge in [-0.15, -0.1) is 0 Å². The molecule has 0 bridgehead atoms. The lowest BCUT2D eigenvalue weighted by Crippen LogP contribution is -2.37. The van der Waals surface area contributed by atoms with Gasteiger partial charge in [-0.1, -0.05) is 6.07 Å². The fourth-order valence-corrected chi connectivity index (χ4v) is 1.77. The quantitative estimate of drug-likeness (QED) is 0.639. The molecular formula is C12H14IN3O. The van der Waals surface area contributed by atoms with Crippen molar-refractivity contribution in [3.63, 3.8) is 0 Å². The monoisotopic (exact) mass is 343 g/mol. The number of H-pyrrole nitrogens is 1. The van der Waals surface area contributed by atoms with Crippen molar-refractivity contribution in [3.8, 4) is 0 Å². The van der Waals surface area contributed by atoms with Crippen LogP contribution in [0.5, 0.6) is 0 Å². The predicted molar refractivity (Wildman–Crippen MR) is 76.0 cm³/mol. The molecule has 2 rings (SSSR count). The van der Waals surface area contributed by atoms with E-state index >= 15 is 0 Å². The van der Waals surface area contributed by atoms with Crippen molar-refractivity contribution in [1.82, 2.24) is 13.3 Å². The highest BCUT2D eigenvalue weighted by molar-refractivity contribution is 14.1. The molecule has 0 aliphatic rings. The van der Waals surface area contributed by atoms with E-state index in [9.17, 15) is 4.79 Å². The van der Waals surface area contributed by atoms with Gasteiger partial charge in [0.2, 0.25) is 0 Å². The zero-order valence-corrected chi connectivity index (χ0v) is 12.1. The van der Waals surface area contributed by atoms with Crippen LogP contribution >= 0.6 is 22.9 Å². The molecule has 0 atom stereocenters. The van der Waals surface area contributed by atoms with Crippen LogP contribution in [-0.2, 0) is 0 Å². The fraction of sp³-hybridized carbons (Fsp3) is 0.333. The maximum absolute atomic E-state index is 12.2. The molecule has 0 unspecified atom stereocenters. The largest absolute Gasteiger partial charge is 0.278 e. The Kier molecular flexibility index (Phi) is 3.11. The van der Waals surface area contributed by atoms with Crippen molar-refractivity contribution in [1.29, 1.82) is 0 Å². The maximum atomic E-state index is 12.2. The van der Waals surface area contributed by atoms with Crippen LogP contribution in [-0.4, -0.2) is 24.8 Å². The first-order chi connectivity index (χ1) is 7.89. The van der Waals surface area contributed by atoms with E-state index in [4.69, 9.17) is 0 Å². The molecule has 0 spiro atoms. The summed E-state index contributed by atoms with van der Waals surface area (Å²) in [5.41, 5.74) is 1.36. The number of fused-ring (bicyclic) bond motifs is 1. The average molecular weight is 343 g/mol. The molecule has 1 aromatic heterocycles. The van der Waals surface area contributed by atoms with Gasteiger partial charge < -0.3 is 0 Å². The molecular weight excluding hydrogens is 329 g/mol. The van der Waals surface area contributed by atoms with Crippen molar-refractivity contribution in [3.05, 3.63) is 30.0 Å². The minimum Gasteiger partial charge on any atom is -0.278 e. The molecule has 1 heterocycles. The van der Waals surface area contributed by atoms with Crippen molar-refractivity contribution >= 4 is 39.7 Å². The van der Waals surface area contributed by atoms with Crippen LogP contribution < -0.4 is 0 Å². The first-order valence-corrected chi connectivity index (χ1v) is 6.29. The molecule has 0 radical (unpaired) electrons. The highest BCUT2D eigenvalue weighted by Gasteiger charge is 2.25. The number of hydrogen-bond donors (Lipinski definition) is 1. The van der Waals surface area contributed by atoms with Crippen molar-refractivity contribution in [2.75, 3.05) is 0 Å². The van der Waals surface area contributed by atoms with Gasteiger partial charge in [-0.2, -0.15) is 5.10 Å². The molecule has 1 N–H and O–H groups in total. The van der Waals surface area contributed by atoms with Gasteiger partial charge in [0, 0.05) is 16.5 Å². The summed E-state index contributed by atoms with van der Waals surface area (Å²) in [5.74, 6) is 0.00889. The van der Waals surface area contributed by atoms with Crippen molar-refractivity contribution < 1.29 is 4.79 Å². The molecule has 2 aromatic rings. The molecule has 0 saturated carbocycles. The lowest BCUT2D eigenvalue weighted by molar-refractivity contribution is 0.0819. The SMILES string of the molecule is CC(C)(C)N(I)C(=O)c1ccc2cn[nH]c2c1. The normalized spacial score (nSPS) is 11.8. The summed E-state index contributed by atoms with van der Waals surface area (Å²) in [5, 5.41) is 7.82. The zero-order chi connectivity index (χ0) is 12.6. The molecule has 0 saturated heterocycles. The zero-order valence-electron chi connectivity index (χ0n) is 9.99. The van der Waals surface area contributed by atoms with Gasteiger partial charge in [-0.25, -0.2) is 0 Å². The second-order valence-corrected chi connectivity index (χ2v) is 5.89. The maximum Gasteiger partial charge on any atom is 0.263 e. The van der Waals surface area contributed by atoms with Crippen LogP contribution in [0.3, 0.4) is 0 Å². The molecule has 17 heavy (non-hydrogen) atoms. The second kappa shape index (κ2) is 4.29. The Labute approximate surface area is 114 Å². The number of nitrogens with one attached hydrogen (secondary N) is 1. The summed E-state index contributed by atoms with van der Waals surface area (Å²) in [6.07, 6.45) is 1.75.